The zero-order chi connectivity index (χ0) is 13.3. The molecule has 1 spiro atoms. The maximum atomic E-state index is 12.5. The first kappa shape index (κ1) is 12.9. The normalized spacial score (nSPS) is 30.7. The minimum absolute atomic E-state index is 0.0619. The number of carbonyl (C=O) groups is 2. The highest BCUT2D eigenvalue weighted by Crippen LogP contribution is 2.28. The largest absolute Gasteiger partial charge is 0.381 e. The van der Waals surface area contributed by atoms with Crippen LogP contribution < -0.4 is 10.6 Å². The minimum atomic E-state index is -0.690. The predicted octanol–water partition coefficient (Wildman–Crippen LogP) is 0.229. The van der Waals surface area contributed by atoms with E-state index in [-0.39, 0.29) is 18.0 Å². The number of amides is 3. The number of hydrogen-bond donors (Lipinski definition) is 2. The molecule has 3 aliphatic heterocycles. The second-order valence-electron chi connectivity index (χ2n) is 5.69. The predicted molar refractivity (Wildman–Crippen MR) is 68.7 cm³/mol. The van der Waals surface area contributed by atoms with Crippen molar-refractivity contribution in [1.82, 2.24) is 15.5 Å². The average molecular weight is 267 g/mol. The van der Waals surface area contributed by atoms with Crippen LogP contribution in [0.15, 0.2) is 0 Å². The van der Waals surface area contributed by atoms with E-state index in [0.717, 1.165) is 13.0 Å². The Morgan fingerprint density at radius 3 is 2.74 bits per heavy atom. The lowest BCUT2D eigenvalue weighted by molar-refractivity contribution is -0.134. The Kier molecular flexibility index (Phi) is 3.45. The summed E-state index contributed by atoms with van der Waals surface area (Å²) in [7, 11) is 0. The summed E-state index contributed by atoms with van der Waals surface area (Å²) in [4.78, 5) is 26.0. The van der Waals surface area contributed by atoms with Crippen LogP contribution in [-0.4, -0.2) is 54.7 Å². The third-order valence-corrected chi connectivity index (χ3v) is 4.41. The van der Waals surface area contributed by atoms with Crippen molar-refractivity contribution in [2.24, 2.45) is 0 Å². The van der Waals surface area contributed by atoms with Crippen molar-refractivity contribution < 1.29 is 14.3 Å². The zero-order valence-electron chi connectivity index (χ0n) is 11.1. The molecule has 6 nitrogen and oxygen atoms in total. The molecule has 0 bridgehead atoms. The van der Waals surface area contributed by atoms with Gasteiger partial charge in [0.2, 0.25) is 0 Å². The molecule has 0 aliphatic carbocycles. The van der Waals surface area contributed by atoms with Gasteiger partial charge in [0.15, 0.2) is 0 Å². The summed E-state index contributed by atoms with van der Waals surface area (Å²) in [6.45, 7) is 2.56. The van der Waals surface area contributed by atoms with E-state index in [0.29, 0.717) is 32.6 Å². The van der Waals surface area contributed by atoms with Gasteiger partial charge in [-0.25, -0.2) is 4.79 Å². The average Bonchev–Trinajstić information content (AvgIpc) is 2.66. The van der Waals surface area contributed by atoms with E-state index in [1.54, 1.807) is 0 Å². The molecule has 3 rings (SSSR count). The van der Waals surface area contributed by atoms with Crippen LogP contribution in [0.4, 0.5) is 4.79 Å². The van der Waals surface area contributed by atoms with Crippen LogP contribution in [0.5, 0.6) is 0 Å². The molecule has 0 saturated carbocycles. The van der Waals surface area contributed by atoms with Crippen molar-refractivity contribution in [3.8, 4) is 0 Å². The molecule has 0 aromatic carbocycles. The number of ether oxygens (including phenoxy) is 1. The topological polar surface area (TPSA) is 70.7 Å². The molecule has 3 aliphatic rings. The fourth-order valence-electron chi connectivity index (χ4n) is 3.20. The Bertz CT molecular complexity index is 373. The van der Waals surface area contributed by atoms with Crippen molar-refractivity contribution >= 4 is 11.9 Å². The van der Waals surface area contributed by atoms with Crippen LogP contribution in [-0.2, 0) is 9.53 Å². The van der Waals surface area contributed by atoms with Gasteiger partial charge in [0, 0.05) is 38.6 Å². The smallest absolute Gasteiger partial charge is 0.325 e. The lowest BCUT2D eigenvalue weighted by atomic mass is 9.90. The van der Waals surface area contributed by atoms with Crippen molar-refractivity contribution in [2.45, 2.75) is 43.7 Å². The zero-order valence-corrected chi connectivity index (χ0v) is 11.1. The number of nitrogens with one attached hydrogen (secondary N) is 2. The van der Waals surface area contributed by atoms with E-state index in [9.17, 15) is 9.59 Å². The molecule has 1 atom stereocenters. The van der Waals surface area contributed by atoms with Gasteiger partial charge in [-0.1, -0.05) is 6.42 Å². The first-order valence-corrected chi connectivity index (χ1v) is 7.16. The van der Waals surface area contributed by atoms with Gasteiger partial charge in [0.05, 0.1) is 0 Å². The van der Waals surface area contributed by atoms with Crippen LogP contribution in [0.1, 0.15) is 32.1 Å². The van der Waals surface area contributed by atoms with Crippen LogP contribution in [0.2, 0.25) is 0 Å². The van der Waals surface area contributed by atoms with Gasteiger partial charge in [-0.3, -0.25) is 9.69 Å². The Morgan fingerprint density at radius 2 is 2.05 bits per heavy atom. The maximum Gasteiger partial charge on any atom is 0.325 e. The fourth-order valence-corrected chi connectivity index (χ4v) is 3.20. The number of carbonyl (C=O) groups excluding carboxylic acids is 2. The number of urea groups is 1. The second-order valence-corrected chi connectivity index (χ2v) is 5.69. The van der Waals surface area contributed by atoms with Gasteiger partial charge in [0.1, 0.15) is 5.54 Å². The molecule has 0 radical (unpaired) electrons. The number of hydrogen-bond acceptors (Lipinski definition) is 4. The van der Waals surface area contributed by atoms with E-state index in [1.807, 2.05) is 0 Å². The molecule has 3 fully saturated rings. The molecule has 2 N–H and O–H groups in total. The molecule has 3 heterocycles. The Hall–Kier alpha value is -1.14. The van der Waals surface area contributed by atoms with Gasteiger partial charge in [0.25, 0.3) is 5.91 Å². The molecule has 3 amide bonds. The summed E-state index contributed by atoms with van der Waals surface area (Å²) in [6, 6.07) is 0.0118. The molecule has 1 unspecified atom stereocenters. The summed E-state index contributed by atoms with van der Waals surface area (Å²) in [5.41, 5.74) is -0.690. The third kappa shape index (κ3) is 2.34. The van der Waals surface area contributed by atoms with Gasteiger partial charge in [-0.2, -0.15) is 0 Å². The number of imide groups is 1. The maximum absolute atomic E-state index is 12.5. The molecule has 19 heavy (non-hydrogen) atoms. The molecule has 3 saturated heterocycles. The van der Waals surface area contributed by atoms with Crippen molar-refractivity contribution in [3.63, 3.8) is 0 Å². The van der Waals surface area contributed by atoms with Crippen molar-refractivity contribution in [2.75, 3.05) is 26.3 Å². The lowest BCUT2D eigenvalue weighted by Crippen LogP contribution is -2.51. The number of rotatable bonds is 2. The van der Waals surface area contributed by atoms with Crippen LogP contribution in [0.25, 0.3) is 0 Å². The monoisotopic (exact) mass is 267 g/mol. The van der Waals surface area contributed by atoms with Gasteiger partial charge in [-0.15, -0.1) is 0 Å². The van der Waals surface area contributed by atoms with E-state index in [4.69, 9.17) is 4.74 Å². The van der Waals surface area contributed by atoms with E-state index in [2.05, 4.69) is 10.6 Å². The second kappa shape index (κ2) is 5.09. The van der Waals surface area contributed by atoms with Crippen LogP contribution in [0, 0.1) is 0 Å². The minimum Gasteiger partial charge on any atom is -0.381 e. The first-order valence-electron chi connectivity index (χ1n) is 7.16. The quantitative estimate of drug-likeness (QED) is 0.703. The SMILES string of the molecule is O=C1NC2(CCOCC2)C(=O)N1CC1CCCCN1. The molecule has 0 aromatic heterocycles. The summed E-state index contributed by atoms with van der Waals surface area (Å²) in [5, 5.41) is 6.27. The summed E-state index contributed by atoms with van der Waals surface area (Å²) < 4.78 is 5.29. The molecule has 106 valence electrons. The Morgan fingerprint density at radius 1 is 1.26 bits per heavy atom. The molecule has 0 aromatic rings. The van der Waals surface area contributed by atoms with E-state index >= 15 is 0 Å². The van der Waals surface area contributed by atoms with Crippen LogP contribution >= 0.6 is 0 Å². The Balaban J connectivity index is 1.68. The highest BCUT2D eigenvalue weighted by atomic mass is 16.5. The van der Waals surface area contributed by atoms with Gasteiger partial charge in [-0.05, 0) is 19.4 Å². The van der Waals surface area contributed by atoms with Gasteiger partial charge >= 0.3 is 6.03 Å². The van der Waals surface area contributed by atoms with E-state index < -0.39 is 5.54 Å². The summed E-state index contributed by atoms with van der Waals surface area (Å²) in [6.07, 6.45) is 4.56. The fraction of sp³-hybridized carbons (Fsp3) is 0.846. The highest BCUT2D eigenvalue weighted by Gasteiger charge is 2.51. The number of piperidine rings is 1. The first-order chi connectivity index (χ1) is 9.21. The lowest BCUT2D eigenvalue weighted by Gasteiger charge is -2.31. The van der Waals surface area contributed by atoms with Crippen LogP contribution in [0.3, 0.4) is 0 Å². The summed E-state index contributed by atoms with van der Waals surface area (Å²) in [5.74, 6) is -0.0619. The number of nitrogens with zero attached hydrogens (tertiary/aromatic N) is 1. The van der Waals surface area contributed by atoms with Crippen molar-refractivity contribution in [1.29, 1.82) is 0 Å². The highest BCUT2D eigenvalue weighted by molar-refractivity contribution is 6.07. The molecular formula is C13H21N3O3. The van der Waals surface area contributed by atoms with Crippen molar-refractivity contribution in [3.05, 3.63) is 0 Å². The standard InChI is InChI=1S/C13H21N3O3/c17-11-13(4-7-19-8-5-13)15-12(18)16(11)9-10-3-1-2-6-14-10/h10,14H,1-9H2,(H,15,18). The van der Waals surface area contributed by atoms with E-state index in [1.165, 1.54) is 17.7 Å². The third-order valence-electron chi connectivity index (χ3n) is 4.41. The molecular weight excluding hydrogens is 246 g/mol. The molecule has 6 heteroatoms. The Labute approximate surface area is 112 Å². The van der Waals surface area contributed by atoms with Gasteiger partial charge < -0.3 is 15.4 Å². The summed E-state index contributed by atoms with van der Waals surface area (Å²) >= 11 is 0.